The highest BCUT2D eigenvalue weighted by Crippen LogP contribution is 2.30. The fourth-order valence-corrected chi connectivity index (χ4v) is 4.07. The summed E-state index contributed by atoms with van der Waals surface area (Å²) in [6.45, 7) is 1.67. The van der Waals surface area contributed by atoms with Gasteiger partial charge in [-0.3, -0.25) is 4.79 Å². The van der Waals surface area contributed by atoms with E-state index < -0.39 is 15.4 Å². The lowest BCUT2D eigenvalue weighted by atomic mass is 10.2. The fraction of sp³-hybridized carbons (Fsp3) is 0.105. The van der Waals surface area contributed by atoms with E-state index in [1.807, 2.05) is 18.2 Å². The van der Waals surface area contributed by atoms with E-state index in [0.29, 0.717) is 21.3 Å². The Balaban J connectivity index is 2.12. The van der Waals surface area contributed by atoms with E-state index in [0.717, 1.165) is 15.8 Å². The van der Waals surface area contributed by atoms with Gasteiger partial charge in [0, 0.05) is 21.7 Å². The number of sulfone groups is 1. The number of hydrogen-bond donors (Lipinski definition) is 0. The van der Waals surface area contributed by atoms with Crippen molar-refractivity contribution in [2.45, 2.75) is 21.7 Å². The Morgan fingerprint density at radius 2 is 1.71 bits per heavy atom. The minimum absolute atomic E-state index is 0.0151. The zero-order chi connectivity index (χ0) is 20.5. The molecular weight excluding hydrogens is 418 g/mol. The molecule has 28 heavy (non-hydrogen) atoms. The molecule has 0 saturated carbocycles. The van der Waals surface area contributed by atoms with Gasteiger partial charge in [0.25, 0.3) is 5.56 Å². The Morgan fingerprint density at radius 3 is 2.25 bits per heavy atom. The monoisotopic (exact) mass is 431 g/mol. The number of rotatable bonds is 4. The quantitative estimate of drug-likeness (QED) is 0.626. The zero-order valence-corrected chi connectivity index (χ0v) is 17.3. The zero-order valence-electron chi connectivity index (χ0n) is 14.9. The Morgan fingerprint density at radius 1 is 1.11 bits per heavy atom. The van der Waals surface area contributed by atoms with Gasteiger partial charge in [-0.2, -0.15) is 15.0 Å². The molecule has 0 aliphatic rings. The second-order valence-corrected chi connectivity index (χ2v) is 9.47. The van der Waals surface area contributed by atoms with Crippen molar-refractivity contribution in [1.82, 2.24) is 9.78 Å². The predicted molar refractivity (Wildman–Crippen MR) is 108 cm³/mol. The SMILES string of the molecule is Cc1c(Sc2ccc(Cl)cc2)nn(-c2ccc(S(C)(=O)=O)cc2)c(=O)c1C#N. The normalized spacial score (nSPS) is 11.2. The molecule has 0 aliphatic carbocycles. The molecule has 0 bridgehead atoms. The number of aromatic nitrogens is 2. The number of hydrogen-bond acceptors (Lipinski definition) is 6. The molecule has 0 unspecified atom stereocenters. The van der Waals surface area contributed by atoms with E-state index in [4.69, 9.17) is 11.6 Å². The minimum atomic E-state index is -3.36. The van der Waals surface area contributed by atoms with Gasteiger partial charge in [-0.15, -0.1) is 0 Å². The lowest BCUT2D eigenvalue weighted by Crippen LogP contribution is -2.25. The van der Waals surface area contributed by atoms with Crippen LogP contribution in [0.15, 0.2) is 68.1 Å². The summed E-state index contributed by atoms with van der Waals surface area (Å²) in [7, 11) is -3.36. The van der Waals surface area contributed by atoms with Gasteiger partial charge in [-0.05, 0) is 55.5 Å². The number of nitrogens with zero attached hydrogens (tertiary/aromatic N) is 3. The highest BCUT2D eigenvalue weighted by atomic mass is 35.5. The summed E-state index contributed by atoms with van der Waals surface area (Å²) in [6.07, 6.45) is 1.10. The number of benzene rings is 2. The molecule has 142 valence electrons. The molecule has 0 radical (unpaired) electrons. The van der Waals surface area contributed by atoms with Crippen molar-refractivity contribution < 1.29 is 8.42 Å². The molecule has 3 rings (SSSR count). The van der Waals surface area contributed by atoms with E-state index in [1.165, 1.54) is 36.0 Å². The van der Waals surface area contributed by atoms with Crippen molar-refractivity contribution in [2.24, 2.45) is 0 Å². The summed E-state index contributed by atoms with van der Waals surface area (Å²) < 4.78 is 24.4. The molecule has 0 N–H and O–H groups in total. The molecule has 0 amide bonds. The van der Waals surface area contributed by atoms with Crippen LogP contribution in [0.5, 0.6) is 0 Å². The molecule has 0 saturated heterocycles. The van der Waals surface area contributed by atoms with Gasteiger partial charge in [0.2, 0.25) is 0 Å². The molecule has 3 aromatic rings. The van der Waals surface area contributed by atoms with Crippen LogP contribution in [-0.4, -0.2) is 24.5 Å². The summed E-state index contributed by atoms with van der Waals surface area (Å²) in [5.41, 5.74) is 0.273. The Kier molecular flexibility index (Phi) is 5.61. The van der Waals surface area contributed by atoms with Gasteiger partial charge in [-0.1, -0.05) is 23.4 Å². The first-order chi connectivity index (χ1) is 13.2. The van der Waals surface area contributed by atoms with Crippen LogP contribution in [0, 0.1) is 18.3 Å². The van der Waals surface area contributed by atoms with Crippen molar-refractivity contribution >= 4 is 33.2 Å². The number of nitriles is 1. The molecule has 0 spiro atoms. The second-order valence-electron chi connectivity index (χ2n) is 5.96. The predicted octanol–water partition coefficient (Wildman–Crippen LogP) is 3.62. The molecule has 2 aromatic carbocycles. The molecule has 0 fully saturated rings. The maximum absolute atomic E-state index is 12.7. The first kappa shape index (κ1) is 20.1. The van der Waals surface area contributed by atoms with E-state index in [9.17, 15) is 18.5 Å². The summed E-state index contributed by atoms with van der Waals surface area (Å²) in [5.74, 6) is 0. The van der Waals surface area contributed by atoms with Crippen LogP contribution in [0.25, 0.3) is 5.69 Å². The van der Waals surface area contributed by atoms with E-state index in [1.54, 1.807) is 19.1 Å². The van der Waals surface area contributed by atoms with Gasteiger partial charge in [-0.25, -0.2) is 8.42 Å². The third kappa shape index (κ3) is 4.12. The molecule has 6 nitrogen and oxygen atoms in total. The molecule has 0 aliphatic heterocycles. The lowest BCUT2D eigenvalue weighted by Gasteiger charge is -2.11. The summed E-state index contributed by atoms with van der Waals surface area (Å²) in [4.78, 5) is 13.7. The Labute approximate surface area is 171 Å². The molecule has 9 heteroatoms. The molecule has 1 heterocycles. The third-order valence-electron chi connectivity index (χ3n) is 3.94. The van der Waals surface area contributed by atoms with Gasteiger partial charge >= 0.3 is 0 Å². The van der Waals surface area contributed by atoms with Crippen molar-refractivity contribution in [3.8, 4) is 11.8 Å². The topological polar surface area (TPSA) is 92.8 Å². The van der Waals surface area contributed by atoms with Gasteiger partial charge in [0.15, 0.2) is 9.84 Å². The van der Waals surface area contributed by atoms with Crippen LogP contribution in [0.1, 0.15) is 11.1 Å². The van der Waals surface area contributed by atoms with Crippen molar-refractivity contribution in [2.75, 3.05) is 6.26 Å². The summed E-state index contributed by atoms with van der Waals surface area (Å²) >= 11 is 7.21. The van der Waals surface area contributed by atoms with Crippen LogP contribution < -0.4 is 5.56 Å². The largest absolute Gasteiger partial charge is 0.289 e. The fourth-order valence-electron chi connectivity index (χ4n) is 2.44. The average Bonchev–Trinajstić information content (AvgIpc) is 2.65. The lowest BCUT2D eigenvalue weighted by molar-refractivity contribution is 0.602. The summed E-state index contributed by atoms with van der Waals surface area (Å²) in [5, 5.41) is 14.9. The second kappa shape index (κ2) is 7.80. The van der Waals surface area contributed by atoms with Crippen LogP contribution >= 0.6 is 23.4 Å². The first-order valence-electron chi connectivity index (χ1n) is 7.98. The van der Waals surface area contributed by atoms with Crippen molar-refractivity contribution in [3.05, 3.63) is 75.0 Å². The maximum Gasteiger partial charge on any atom is 0.289 e. The van der Waals surface area contributed by atoms with Crippen LogP contribution in [0.2, 0.25) is 5.02 Å². The highest BCUT2D eigenvalue weighted by molar-refractivity contribution is 7.99. The van der Waals surface area contributed by atoms with E-state index >= 15 is 0 Å². The standard InChI is InChI=1S/C19H14ClN3O3S2/c1-12-17(11-21)19(24)23(14-5-9-16(10-6-14)28(2,25)26)22-18(12)27-15-7-3-13(20)4-8-15/h3-10H,1-2H3. The Bertz CT molecular complexity index is 1240. The van der Waals surface area contributed by atoms with Gasteiger partial charge in [0.1, 0.15) is 16.7 Å². The third-order valence-corrected chi connectivity index (χ3v) is 6.41. The van der Waals surface area contributed by atoms with E-state index in [2.05, 4.69) is 5.10 Å². The smallest absolute Gasteiger partial charge is 0.266 e. The van der Waals surface area contributed by atoms with E-state index in [-0.39, 0.29) is 10.5 Å². The molecule has 1 aromatic heterocycles. The van der Waals surface area contributed by atoms with Crippen molar-refractivity contribution in [3.63, 3.8) is 0 Å². The average molecular weight is 432 g/mol. The van der Waals surface area contributed by atoms with Crippen molar-refractivity contribution in [1.29, 1.82) is 5.26 Å². The maximum atomic E-state index is 12.7. The van der Waals surface area contributed by atoms with Gasteiger partial charge < -0.3 is 0 Å². The Hall–Kier alpha value is -2.60. The first-order valence-corrected chi connectivity index (χ1v) is 11.1. The summed E-state index contributed by atoms with van der Waals surface area (Å²) in [6, 6.07) is 14.8. The van der Waals surface area contributed by atoms with Crippen LogP contribution in [0.3, 0.4) is 0 Å². The van der Waals surface area contributed by atoms with Crippen LogP contribution in [-0.2, 0) is 9.84 Å². The van der Waals surface area contributed by atoms with Crippen LogP contribution in [0.4, 0.5) is 0 Å². The molecular formula is C19H14ClN3O3S2. The minimum Gasteiger partial charge on any atom is -0.266 e. The highest BCUT2D eigenvalue weighted by Gasteiger charge is 2.17. The molecule has 0 atom stereocenters. The number of halogens is 1. The van der Waals surface area contributed by atoms with Gasteiger partial charge in [0.05, 0.1) is 10.6 Å².